The van der Waals surface area contributed by atoms with E-state index in [-0.39, 0.29) is 18.6 Å². The summed E-state index contributed by atoms with van der Waals surface area (Å²) in [5.41, 5.74) is -1.79. The number of cyclic esters (lactones) is 1. The Bertz CT molecular complexity index is 628. The van der Waals surface area contributed by atoms with Gasteiger partial charge in [-0.15, -0.1) is 0 Å². The predicted octanol–water partition coefficient (Wildman–Crippen LogP) is 0.0602. The van der Waals surface area contributed by atoms with Gasteiger partial charge >= 0.3 is 11.9 Å². The van der Waals surface area contributed by atoms with Gasteiger partial charge in [-0.25, -0.2) is 4.79 Å². The molecule has 1 fully saturated rings. The summed E-state index contributed by atoms with van der Waals surface area (Å²) in [4.78, 5) is 39.8. The number of rotatable bonds is 1. The molecule has 2 bridgehead atoms. The zero-order valence-electron chi connectivity index (χ0n) is 16.3. The van der Waals surface area contributed by atoms with Crippen molar-refractivity contribution in [1.82, 2.24) is 4.90 Å². The first-order valence-electron chi connectivity index (χ1n) is 9.29. The molecule has 5 atom stereocenters. The largest absolute Gasteiger partial charge is 0.459 e. The molecule has 27 heavy (non-hydrogen) atoms. The van der Waals surface area contributed by atoms with Crippen LogP contribution in [0.5, 0.6) is 0 Å². The molecule has 152 valence electrons. The Balaban J connectivity index is 2.45. The van der Waals surface area contributed by atoms with Gasteiger partial charge in [-0.3, -0.25) is 9.59 Å². The summed E-state index contributed by atoms with van der Waals surface area (Å²) >= 11 is 0. The van der Waals surface area contributed by atoms with E-state index in [2.05, 4.69) is 0 Å². The van der Waals surface area contributed by atoms with Crippen LogP contribution >= 0.6 is 0 Å². The normalized spacial score (nSPS) is 39.0. The Kier molecular flexibility index (Phi) is 6.77. The highest BCUT2D eigenvalue weighted by molar-refractivity contribution is 6.00. The summed E-state index contributed by atoms with van der Waals surface area (Å²) in [5, 5.41) is 21.2. The predicted molar refractivity (Wildman–Crippen MR) is 95.6 cm³/mol. The summed E-state index contributed by atoms with van der Waals surface area (Å²) in [6.07, 6.45) is -0.135. The van der Waals surface area contributed by atoms with Crippen LogP contribution in [0.25, 0.3) is 0 Å². The van der Waals surface area contributed by atoms with Gasteiger partial charge in [0.2, 0.25) is 5.78 Å². The number of aliphatic hydroxyl groups excluding tert-OH is 1. The SMILES string of the molecule is CCC1C(=O)O[C@@H]2CCN(C)C/C=C(/COC(=O)[C@](C)(O)[C@H](C)[C@H]1O)C2=O. The minimum absolute atomic E-state index is 0.227. The molecule has 0 aromatic carbocycles. The van der Waals surface area contributed by atoms with Gasteiger partial charge in [-0.1, -0.05) is 19.9 Å². The molecule has 0 aliphatic carbocycles. The minimum atomic E-state index is -2.02. The fraction of sp³-hybridized carbons (Fsp3) is 0.737. The second-order valence-corrected chi connectivity index (χ2v) is 7.59. The Labute approximate surface area is 159 Å². The molecule has 0 spiro atoms. The second kappa shape index (κ2) is 8.50. The fourth-order valence-electron chi connectivity index (χ4n) is 3.31. The van der Waals surface area contributed by atoms with Gasteiger partial charge in [-0.05, 0) is 20.4 Å². The maximum absolute atomic E-state index is 12.8. The minimum Gasteiger partial charge on any atom is -0.459 e. The molecule has 8 nitrogen and oxygen atoms in total. The lowest BCUT2D eigenvalue weighted by molar-refractivity contribution is -0.181. The molecule has 0 saturated carbocycles. The quantitative estimate of drug-likeness (QED) is 0.611. The van der Waals surface area contributed by atoms with Crippen LogP contribution in [0.15, 0.2) is 11.6 Å². The van der Waals surface area contributed by atoms with Crippen molar-refractivity contribution in [2.45, 2.75) is 51.4 Å². The van der Waals surface area contributed by atoms with Crippen molar-refractivity contribution in [1.29, 1.82) is 0 Å². The molecule has 2 aliphatic heterocycles. The average Bonchev–Trinajstić information content (AvgIpc) is 2.62. The van der Waals surface area contributed by atoms with Gasteiger partial charge < -0.3 is 24.6 Å². The second-order valence-electron chi connectivity index (χ2n) is 7.59. The Hall–Kier alpha value is -1.77. The monoisotopic (exact) mass is 383 g/mol. The smallest absolute Gasteiger partial charge is 0.338 e. The third-order valence-electron chi connectivity index (χ3n) is 5.62. The van der Waals surface area contributed by atoms with Crippen LogP contribution < -0.4 is 0 Å². The van der Waals surface area contributed by atoms with Gasteiger partial charge in [0.25, 0.3) is 0 Å². The molecule has 2 N–H and O–H groups in total. The van der Waals surface area contributed by atoms with E-state index in [1.54, 1.807) is 13.0 Å². The van der Waals surface area contributed by atoms with E-state index in [0.717, 1.165) is 0 Å². The number of ether oxygens (including phenoxy) is 2. The number of ketones is 1. The van der Waals surface area contributed by atoms with Crippen LogP contribution in [0, 0.1) is 11.8 Å². The molecule has 2 heterocycles. The fourth-order valence-corrected chi connectivity index (χ4v) is 3.31. The van der Waals surface area contributed by atoms with Crippen molar-refractivity contribution in [2.75, 3.05) is 26.7 Å². The van der Waals surface area contributed by atoms with E-state index in [1.165, 1.54) is 13.8 Å². The molecule has 0 amide bonds. The maximum atomic E-state index is 12.8. The Morgan fingerprint density at radius 2 is 2.00 bits per heavy atom. The molecular weight excluding hydrogens is 354 g/mol. The van der Waals surface area contributed by atoms with Crippen LogP contribution in [0.2, 0.25) is 0 Å². The van der Waals surface area contributed by atoms with Crippen LogP contribution in [0.1, 0.15) is 33.6 Å². The first-order chi connectivity index (χ1) is 12.6. The number of carbonyl (C=O) groups is 3. The highest BCUT2D eigenvalue weighted by atomic mass is 16.6. The number of esters is 2. The maximum Gasteiger partial charge on any atom is 0.338 e. The van der Waals surface area contributed by atoms with Crippen molar-refractivity contribution < 1.29 is 34.1 Å². The Morgan fingerprint density at radius 3 is 2.63 bits per heavy atom. The van der Waals surface area contributed by atoms with Crippen molar-refractivity contribution in [3.05, 3.63) is 11.6 Å². The highest BCUT2D eigenvalue weighted by Crippen LogP contribution is 2.30. The molecule has 1 saturated heterocycles. The third-order valence-corrected chi connectivity index (χ3v) is 5.62. The van der Waals surface area contributed by atoms with E-state index < -0.39 is 47.4 Å². The number of fused-ring (bicyclic) bond motifs is 2. The van der Waals surface area contributed by atoms with E-state index in [0.29, 0.717) is 19.5 Å². The van der Waals surface area contributed by atoms with Crippen LogP contribution in [0.4, 0.5) is 0 Å². The number of aliphatic hydroxyl groups is 2. The number of likely N-dealkylation sites (N-methyl/N-ethyl adjacent to an activating group) is 1. The van der Waals surface area contributed by atoms with Gasteiger partial charge in [0.15, 0.2) is 11.7 Å². The van der Waals surface area contributed by atoms with Gasteiger partial charge in [-0.2, -0.15) is 0 Å². The highest BCUT2D eigenvalue weighted by Gasteiger charge is 2.46. The van der Waals surface area contributed by atoms with Crippen molar-refractivity contribution in [3.8, 4) is 0 Å². The number of nitrogens with zero attached hydrogens (tertiary/aromatic N) is 1. The number of hydrogen-bond donors (Lipinski definition) is 2. The zero-order chi connectivity index (χ0) is 20.4. The first kappa shape index (κ1) is 21.5. The number of carbonyl (C=O) groups excluding carboxylic acids is 3. The van der Waals surface area contributed by atoms with Gasteiger partial charge in [0.1, 0.15) is 6.61 Å². The molecule has 2 aliphatic rings. The van der Waals surface area contributed by atoms with Crippen LogP contribution in [-0.2, 0) is 23.9 Å². The zero-order valence-corrected chi connectivity index (χ0v) is 16.3. The van der Waals surface area contributed by atoms with Crippen molar-refractivity contribution in [2.24, 2.45) is 11.8 Å². The summed E-state index contributed by atoms with van der Waals surface area (Å²) < 4.78 is 10.7. The molecule has 0 aromatic rings. The van der Waals surface area contributed by atoms with E-state index in [4.69, 9.17) is 9.47 Å². The standard InChI is InChI=1S/C19H29NO7/c1-5-13-15(21)11(2)19(3,25)18(24)26-10-12-6-8-20(4)9-7-14(16(12)22)27-17(13)23/h6,11,13-15,21,25H,5,7-10H2,1-4H3/b12-6-/t11-,13?,14-,15-,19-/m1/s1. The van der Waals surface area contributed by atoms with Gasteiger partial charge in [0, 0.05) is 31.0 Å². The summed E-state index contributed by atoms with van der Waals surface area (Å²) in [6.45, 7) is 5.12. The van der Waals surface area contributed by atoms with Crippen LogP contribution in [0.3, 0.4) is 0 Å². The molecule has 8 heteroatoms. The summed E-state index contributed by atoms with van der Waals surface area (Å²) in [6, 6.07) is 0. The lowest BCUT2D eigenvalue weighted by Gasteiger charge is -2.35. The third kappa shape index (κ3) is 4.56. The van der Waals surface area contributed by atoms with Crippen LogP contribution in [-0.4, -0.2) is 77.4 Å². The lowest BCUT2D eigenvalue weighted by atomic mass is 9.79. The molecular formula is C19H29NO7. The molecule has 0 aromatic heterocycles. The first-order valence-corrected chi connectivity index (χ1v) is 9.29. The van der Waals surface area contributed by atoms with Gasteiger partial charge in [0.05, 0.1) is 12.0 Å². The molecule has 2 rings (SSSR count). The van der Waals surface area contributed by atoms with E-state index in [9.17, 15) is 24.6 Å². The van der Waals surface area contributed by atoms with Crippen molar-refractivity contribution in [3.63, 3.8) is 0 Å². The number of Topliss-reactive ketones (excluding diaryl/α,β-unsaturated/α-hetero) is 1. The average molecular weight is 383 g/mol. The topological polar surface area (TPSA) is 113 Å². The molecule has 1 unspecified atom stereocenters. The van der Waals surface area contributed by atoms with Crippen molar-refractivity contribution >= 4 is 17.7 Å². The number of hydrogen-bond acceptors (Lipinski definition) is 8. The summed E-state index contributed by atoms with van der Waals surface area (Å²) in [5.74, 6) is -4.01. The van der Waals surface area contributed by atoms with E-state index in [1.807, 2.05) is 11.9 Å². The lowest BCUT2D eigenvalue weighted by Crippen LogP contribution is -2.52. The molecule has 0 radical (unpaired) electrons. The summed E-state index contributed by atoms with van der Waals surface area (Å²) in [7, 11) is 1.86. The Morgan fingerprint density at radius 1 is 1.33 bits per heavy atom. The van der Waals surface area contributed by atoms with E-state index >= 15 is 0 Å².